The Morgan fingerprint density at radius 1 is 1.35 bits per heavy atom. The van der Waals surface area contributed by atoms with E-state index in [2.05, 4.69) is 11.8 Å². The summed E-state index contributed by atoms with van der Waals surface area (Å²) in [6.07, 6.45) is 5.05. The van der Waals surface area contributed by atoms with Crippen LogP contribution < -0.4 is 5.73 Å². The number of rotatable bonds is 4. The Hall–Kier alpha value is -1.00. The van der Waals surface area contributed by atoms with Gasteiger partial charge in [-0.1, -0.05) is 25.6 Å². The highest BCUT2D eigenvalue weighted by molar-refractivity contribution is 7.80. The predicted molar refractivity (Wildman–Crippen MR) is 85.2 cm³/mol. The minimum absolute atomic E-state index is 0.257. The Balaban J connectivity index is 2.04. The third-order valence-corrected chi connectivity index (χ3v) is 4.40. The Morgan fingerprint density at radius 3 is 2.85 bits per heavy atom. The summed E-state index contributed by atoms with van der Waals surface area (Å²) in [5, 5.41) is 0. The van der Waals surface area contributed by atoms with Gasteiger partial charge < -0.3 is 5.73 Å². The molecule has 2 rings (SSSR count). The first-order valence-corrected chi connectivity index (χ1v) is 7.81. The van der Waals surface area contributed by atoms with Gasteiger partial charge in [-0.2, -0.15) is 0 Å². The highest BCUT2D eigenvalue weighted by Crippen LogP contribution is 2.21. The van der Waals surface area contributed by atoms with Crippen molar-refractivity contribution in [3.05, 3.63) is 35.1 Å². The van der Waals surface area contributed by atoms with Crippen LogP contribution in [0.25, 0.3) is 0 Å². The van der Waals surface area contributed by atoms with Crippen LogP contribution in [0.15, 0.2) is 18.2 Å². The number of benzene rings is 1. The van der Waals surface area contributed by atoms with E-state index < -0.39 is 0 Å². The first kappa shape index (κ1) is 15.4. The summed E-state index contributed by atoms with van der Waals surface area (Å²) in [6.45, 7) is 5.23. The predicted octanol–water partition coefficient (Wildman–Crippen LogP) is 3.47. The van der Waals surface area contributed by atoms with Gasteiger partial charge in [-0.05, 0) is 62.0 Å². The summed E-state index contributed by atoms with van der Waals surface area (Å²) >= 11 is 4.94. The first-order valence-electron chi connectivity index (χ1n) is 7.40. The summed E-state index contributed by atoms with van der Waals surface area (Å²) in [6, 6.07) is 4.90. The van der Waals surface area contributed by atoms with Gasteiger partial charge in [-0.15, -0.1) is 0 Å². The molecule has 2 nitrogen and oxygen atoms in total. The molecule has 0 amide bonds. The number of thiocarbonyl (C=S) groups is 1. The maximum Gasteiger partial charge on any atom is 0.124 e. The monoisotopic (exact) mass is 294 g/mol. The van der Waals surface area contributed by atoms with E-state index >= 15 is 0 Å². The summed E-state index contributed by atoms with van der Waals surface area (Å²) < 4.78 is 13.6. The molecule has 0 saturated carbocycles. The van der Waals surface area contributed by atoms with Crippen LogP contribution in [0.5, 0.6) is 0 Å². The number of likely N-dealkylation sites (tertiary alicyclic amines) is 1. The van der Waals surface area contributed by atoms with Crippen LogP contribution in [0.1, 0.15) is 43.7 Å². The number of nitrogens with zero attached hydrogens (tertiary/aromatic N) is 1. The molecule has 1 aliphatic heterocycles. The van der Waals surface area contributed by atoms with Crippen molar-refractivity contribution in [1.29, 1.82) is 0 Å². The molecule has 0 spiro atoms. The molecule has 1 aromatic rings. The van der Waals surface area contributed by atoms with Crippen molar-refractivity contribution in [3.63, 3.8) is 0 Å². The topological polar surface area (TPSA) is 29.3 Å². The van der Waals surface area contributed by atoms with E-state index in [1.807, 2.05) is 6.07 Å². The minimum atomic E-state index is -0.258. The number of hydrogen-bond donors (Lipinski definition) is 1. The molecule has 1 aliphatic rings. The second kappa shape index (κ2) is 7.14. The Morgan fingerprint density at radius 2 is 2.15 bits per heavy atom. The number of nitrogens with two attached hydrogens (primary N) is 1. The maximum absolute atomic E-state index is 13.6. The minimum Gasteiger partial charge on any atom is -0.389 e. The van der Waals surface area contributed by atoms with Gasteiger partial charge in [0.05, 0.1) is 0 Å². The maximum atomic E-state index is 13.6. The lowest BCUT2D eigenvalue weighted by molar-refractivity contribution is 0.271. The summed E-state index contributed by atoms with van der Waals surface area (Å²) in [5.41, 5.74) is 7.18. The lowest BCUT2D eigenvalue weighted by Gasteiger charge is -2.20. The third kappa shape index (κ3) is 4.25. The van der Waals surface area contributed by atoms with Gasteiger partial charge in [-0.25, -0.2) is 4.39 Å². The van der Waals surface area contributed by atoms with Crippen LogP contribution >= 0.6 is 12.2 Å². The van der Waals surface area contributed by atoms with Crippen LogP contribution in [0, 0.1) is 11.7 Å². The van der Waals surface area contributed by atoms with Crippen molar-refractivity contribution in [3.8, 4) is 0 Å². The Bertz CT molecular complexity index is 476. The zero-order valence-electron chi connectivity index (χ0n) is 12.1. The normalized spacial score (nSPS) is 20.6. The van der Waals surface area contributed by atoms with E-state index in [1.54, 1.807) is 6.07 Å². The summed E-state index contributed by atoms with van der Waals surface area (Å²) in [5.74, 6) is 0.589. The van der Waals surface area contributed by atoms with E-state index in [0.29, 0.717) is 5.56 Å². The molecule has 20 heavy (non-hydrogen) atoms. The fourth-order valence-electron chi connectivity index (χ4n) is 2.93. The second-order valence-electron chi connectivity index (χ2n) is 5.69. The van der Waals surface area contributed by atoms with Gasteiger partial charge in [0.15, 0.2) is 0 Å². The molecule has 4 heteroatoms. The summed E-state index contributed by atoms with van der Waals surface area (Å²) in [4.78, 5) is 2.67. The third-order valence-electron chi connectivity index (χ3n) is 4.17. The molecule has 2 N–H and O–H groups in total. The fourth-order valence-corrected chi connectivity index (χ4v) is 3.05. The molecule has 0 aliphatic carbocycles. The lowest BCUT2D eigenvalue weighted by Crippen LogP contribution is -2.24. The first-order chi connectivity index (χ1) is 9.58. The number of hydrogen-bond acceptors (Lipinski definition) is 2. The SMILES string of the molecule is CCC1CCCN(Cc2cc(F)cc(C(N)=S)c2)CC1. The van der Waals surface area contributed by atoms with Crippen molar-refractivity contribution in [2.24, 2.45) is 11.7 Å². The standard InChI is InChI=1S/C16H23FN2S/c1-2-12-4-3-6-19(7-5-12)11-13-8-14(16(18)20)10-15(17)9-13/h8-10,12H,2-7,11H2,1H3,(H2,18,20). The molecule has 0 radical (unpaired) electrons. The van der Waals surface area contributed by atoms with Crippen LogP contribution in [-0.2, 0) is 6.54 Å². The van der Waals surface area contributed by atoms with E-state index in [9.17, 15) is 4.39 Å². The van der Waals surface area contributed by atoms with Crippen molar-refractivity contribution < 1.29 is 4.39 Å². The van der Waals surface area contributed by atoms with Gasteiger partial charge in [-0.3, -0.25) is 4.90 Å². The van der Waals surface area contributed by atoms with Crippen LogP contribution in [-0.4, -0.2) is 23.0 Å². The molecule has 0 bridgehead atoms. The van der Waals surface area contributed by atoms with Gasteiger partial charge in [0.2, 0.25) is 0 Å². The molecular weight excluding hydrogens is 271 g/mol. The van der Waals surface area contributed by atoms with E-state index in [1.165, 1.54) is 31.7 Å². The number of halogens is 1. The van der Waals surface area contributed by atoms with Crippen molar-refractivity contribution in [2.75, 3.05) is 13.1 Å². The van der Waals surface area contributed by atoms with Crippen molar-refractivity contribution in [2.45, 2.75) is 39.2 Å². The quantitative estimate of drug-likeness (QED) is 0.862. The molecule has 1 unspecified atom stereocenters. The van der Waals surface area contributed by atoms with Gasteiger partial charge in [0, 0.05) is 12.1 Å². The molecule has 1 aromatic carbocycles. The van der Waals surface area contributed by atoms with E-state index in [0.717, 1.165) is 31.1 Å². The molecule has 1 fully saturated rings. The van der Waals surface area contributed by atoms with Crippen molar-refractivity contribution >= 4 is 17.2 Å². The Kier molecular flexibility index (Phi) is 5.49. The highest BCUT2D eigenvalue weighted by Gasteiger charge is 2.16. The van der Waals surface area contributed by atoms with Gasteiger partial charge in [0.1, 0.15) is 10.8 Å². The second-order valence-corrected chi connectivity index (χ2v) is 6.13. The zero-order chi connectivity index (χ0) is 14.5. The molecule has 110 valence electrons. The molecule has 1 saturated heterocycles. The van der Waals surface area contributed by atoms with E-state index in [4.69, 9.17) is 18.0 Å². The van der Waals surface area contributed by atoms with E-state index in [-0.39, 0.29) is 10.8 Å². The average molecular weight is 294 g/mol. The largest absolute Gasteiger partial charge is 0.389 e. The average Bonchev–Trinajstić information content (AvgIpc) is 2.63. The molecular formula is C16H23FN2S. The van der Waals surface area contributed by atoms with Crippen LogP contribution in [0.2, 0.25) is 0 Å². The zero-order valence-corrected chi connectivity index (χ0v) is 12.9. The smallest absolute Gasteiger partial charge is 0.124 e. The van der Waals surface area contributed by atoms with Crippen LogP contribution in [0.3, 0.4) is 0 Å². The van der Waals surface area contributed by atoms with Crippen LogP contribution in [0.4, 0.5) is 4.39 Å². The van der Waals surface area contributed by atoms with Gasteiger partial charge >= 0.3 is 0 Å². The molecule has 0 aromatic heterocycles. The fraction of sp³-hybridized carbons (Fsp3) is 0.562. The van der Waals surface area contributed by atoms with Gasteiger partial charge in [0.25, 0.3) is 0 Å². The molecule has 1 atom stereocenters. The molecule has 1 heterocycles. The summed E-state index contributed by atoms with van der Waals surface area (Å²) in [7, 11) is 0. The lowest BCUT2D eigenvalue weighted by atomic mass is 9.98. The highest BCUT2D eigenvalue weighted by atomic mass is 32.1. The van der Waals surface area contributed by atoms with Crippen molar-refractivity contribution in [1.82, 2.24) is 4.90 Å². The Labute approximate surface area is 126 Å².